The highest BCUT2D eigenvalue weighted by atomic mass is 16.4. The van der Waals surface area contributed by atoms with E-state index in [1.54, 1.807) is 0 Å². The van der Waals surface area contributed by atoms with Gasteiger partial charge in [-0.3, -0.25) is 19.2 Å². The van der Waals surface area contributed by atoms with Crippen molar-refractivity contribution in [3.8, 4) is 0 Å². The second-order valence-electron chi connectivity index (χ2n) is 7.79. The third-order valence-corrected chi connectivity index (χ3v) is 4.46. The summed E-state index contributed by atoms with van der Waals surface area (Å²) in [5.74, 6) is -2.73. The smallest absolute Gasteiger partial charge is 0.325 e. The van der Waals surface area contributed by atoms with E-state index in [0.717, 1.165) is 5.56 Å². The highest BCUT2D eigenvalue weighted by Gasteiger charge is 2.27. The topological polar surface area (TPSA) is 151 Å². The third kappa shape index (κ3) is 8.60. The van der Waals surface area contributed by atoms with Crippen LogP contribution in [0.3, 0.4) is 0 Å². The molecule has 0 aromatic heterocycles. The molecule has 0 spiro atoms. The molecule has 0 saturated carbocycles. The molecule has 0 heterocycles. The van der Waals surface area contributed by atoms with Crippen molar-refractivity contribution in [1.82, 2.24) is 16.0 Å². The number of carboxylic acid groups (broad SMARTS) is 1. The lowest BCUT2D eigenvalue weighted by molar-refractivity contribution is -0.141. The first-order valence-corrected chi connectivity index (χ1v) is 9.94. The number of hydrogen-bond acceptors (Lipinski definition) is 5. The highest BCUT2D eigenvalue weighted by Crippen LogP contribution is 2.06. The first kappa shape index (κ1) is 25.1. The van der Waals surface area contributed by atoms with Crippen LogP contribution in [0.1, 0.15) is 39.7 Å². The fourth-order valence-corrected chi connectivity index (χ4v) is 2.72. The molecule has 1 aromatic rings. The molecule has 0 aliphatic heterocycles. The number of carbonyl (C=O) groups is 4. The van der Waals surface area contributed by atoms with E-state index in [1.165, 1.54) is 13.8 Å². The number of rotatable bonds is 11. The molecule has 3 amide bonds. The summed E-state index contributed by atoms with van der Waals surface area (Å²) in [5.41, 5.74) is 6.83. The second-order valence-corrected chi connectivity index (χ2v) is 7.79. The van der Waals surface area contributed by atoms with E-state index in [-0.39, 0.29) is 5.92 Å². The van der Waals surface area contributed by atoms with Gasteiger partial charge in [0.25, 0.3) is 0 Å². The van der Waals surface area contributed by atoms with Gasteiger partial charge in [-0.15, -0.1) is 0 Å². The van der Waals surface area contributed by atoms with Gasteiger partial charge in [0.2, 0.25) is 17.7 Å². The summed E-state index contributed by atoms with van der Waals surface area (Å²) in [6.45, 7) is 6.58. The average molecular weight is 421 g/mol. The van der Waals surface area contributed by atoms with Gasteiger partial charge in [-0.25, -0.2) is 0 Å². The van der Waals surface area contributed by atoms with Crippen LogP contribution in [0.4, 0.5) is 0 Å². The Morgan fingerprint density at radius 1 is 0.867 bits per heavy atom. The summed E-state index contributed by atoms with van der Waals surface area (Å²) in [7, 11) is 0. The predicted octanol–water partition coefficient (Wildman–Crippen LogP) is 0.181. The standard InChI is InChI=1S/C21H32N4O5/c1-12(2)10-17(20(28)24-14(4)21(29)30)25-18(26)13(3)23-19(27)16(22)11-15-8-6-5-7-9-15/h5-9,12-14,16-17H,10-11,22H2,1-4H3,(H,23,27)(H,24,28)(H,25,26)(H,29,30). The minimum Gasteiger partial charge on any atom is -0.480 e. The second kappa shape index (κ2) is 11.9. The van der Waals surface area contributed by atoms with E-state index in [1.807, 2.05) is 44.2 Å². The first-order chi connectivity index (χ1) is 14.0. The molecule has 9 nitrogen and oxygen atoms in total. The summed E-state index contributed by atoms with van der Waals surface area (Å²) < 4.78 is 0. The summed E-state index contributed by atoms with van der Waals surface area (Å²) in [5, 5.41) is 16.5. The molecule has 0 saturated heterocycles. The lowest BCUT2D eigenvalue weighted by Crippen LogP contribution is -2.56. The van der Waals surface area contributed by atoms with Crippen molar-refractivity contribution in [2.24, 2.45) is 11.7 Å². The van der Waals surface area contributed by atoms with Crippen molar-refractivity contribution in [2.75, 3.05) is 0 Å². The fraction of sp³-hybridized carbons (Fsp3) is 0.524. The number of amides is 3. The molecule has 4 atom stereocenters. The monoisotopic (exact) mass is 420 g/mol. The maximum atomic E-state index is 12.5. The zero-order valence-corrected chi connectivity index (χ0v) is 17.8. The van der Waals surface area contributed by atoms with Gasteiger partial charge < -0.3 is 26.8 Å². The third-order valence-electron chi connectivity index (χ3n) is 4.46. The molecule has 1 rings (SSSR count). The summed E-state index contributed by atoms with van der Waals surface area (Å²) in [4.78, 5) is 48.2. The normalized spacial score (nSPS) is 14.9. The largest absolute Gasteiger partial charge is 0.480 e. The van der Waals surface area contributed by atoms with Gasteiger partial charge in [-0.1, -0.05) is 44.2 Å². The van der Waals surface area contributed by atoms with Crippen molar-refractivity contribution < 1.29 is 24.3 Å². The van der Waals surface area contributed by atoms with Crippen molar-refractivity contribution in [2.45, 2.75) is 64.7 Å². The summed E-state index contributed by atoms with van der Waals surface area (Å²) >= 11 is 0. The molecule has 0 radical (unpaired) electrons. The SMILES string of the molecule is CC(C)CC(NC(=O)C(C)NC(=O)C(N)Cc1ccccc1)C(=O)NC(C)C(=O)O. The minimum atomic E-state index is -1.17. The van der Waals surface area contributed by atoms with E-state index in [9.17, 15) is 19.2 Å². The molecule has 30 heavy (non-hydrogen) atoms. The summed E-state index contributed by atoms with van der Waals surface area (Å²) in [6.07, 6.45) is 0.643. The number of carboxylic acids is 1. The summed E-state index contributed by atoms with van der Waals surface area (Å²) in [6, 6.07) is 5.53. The van der Waals surface area contributed by atoms with Gasteiger partial charge >= 0.3 is 5.97 Å². The zero-order chi connectivity index (χ0) is 22.8. The number of aliphatic carboxylic acids is 1. The Morgan fingerprint density at radius 2 is 1.43 bits per heavy atom. The minimum absolute atomic E-state index is 0.0744. The molecule has 9 heteroatoms. The molecule has 0 aliphatic rings. The van der Waals surface area contributed by atoms with Crippen LogP contribution in [0.2, 0.25) is 0 Å². The van der Waals surface area contributed by atoms with Crippen molar-refractivity contribution in [3.63, 3.8) is 0 Å². The lowest BCUT2D eigenvalue weighted by atomic mass is 10.0. The van der Waals surface area contributed by atoms with Crippen LogP contribution < -0.4 is 21.7 Å². The van der Waals surface area contributed by atoms with Crippen molar-refractivity contribution >= 4 is 23.7 Å². The van der Waals surface area contributed by atoms with Gasteiger partial charge in [0, 0.05) is 0 Å². The lowest BCUT2D eigenvalue weighted by Gasteiger charge is -2.24. The molecule has 0 bridgehead atoms. The number of nitrogens with one attached hydrogen (secondary N) is 3. The molecule has 0 aliphatic carbocycles. The maximum absolute atomic E-state index is 12.5. The Bertz CT molecular complexity index is 738. The van der Waals surface area contributed by atoms with Crippen LogP contribution in [-0.2, 0) is 25.6 Å². The Hall–Kier alpha value is -2.94. The molecule has 4 unspecified atom stereocenters. The van der Waals surface area contributed by atoms with Crippen LogP contribution in [0.5, 0.6) is 0 Å². The molecule has 0 fully saturated rings. The first-order valence-electron chi connectivity index (χ1n) is 9.94. The van der Waals surface area contributed by atoms with Gasteiger partial charge in [-0.05, 0) is 38.2 Å². The predicted molar refractivity (Wildman–Crippen MR) is 112 cm³/mol. The van der Waals surface area contributed by atoms with Crippen LogP contribution in [0, 0.1) is 5.92 Å². The van der Waals surface area contributed by atoms with E-state index >= 15 is 0 Å². The number of hydrogen-bond donors (Lipinski definition) is 5. The maximum Gasteiger partial charge on any atom is 0.325 e. The van der Waals surface area contributed by atoms with Crippen LogP contribution in [0.25, 0.3) is 0 Å². The number of carbonyl (C=O) groups excluding carboxylic acids is 3. The zero-order valence-electron chi connectivity index (χ0n) is 17.8. The Kier molecular flexibility index (Phi) is 9.97. The molecular formula is C21H32N4O5. The van der Waals surface area contributed by atoms with Gasteiger partial charge in [0.1, 0.15) is 18.1 Å². The highest BCUT2D eigenvalue weighted by molar-refractivity contribution is 5.93. The quantitative estimate of drug-likeness (QED) is 0.345. The van der Waals surface area contributed by atoms with E-state index in [4.69, 9.17) is 10.8 Å². The number of nitrogens with two attached hydrogens (primary N) is 1. The van der Waals surface area contributed by atoms with Crippen molar-refractivity contribution in [1.29, 1.82) is 0 Å². The van der Waals surface area contributed by atoms with Gasteiger partial charge in [0.15, 0.2) is 0 Å². The van der Waals surface area contributed by atoms with Gasteiger partial charge in [0.05, 0.1) is 6.04 Å². The molecular weight excluding hydrogens is 388 g/mol. The van der Waals surface area contributed by atoms with Crippen LogP contribution >= 0.6 is 0 Å². The fourth-order valence-electron chi connectivity index (χ4n) is 2.72. The van der Waals surface area contributed by atoms with E-state index in [0.29, 0.717) is 12.8 Å². The Morgan fingerprint density at radius 3 is 1.97 bits per heavy atom. The van der Waals surface area contributed by atoms with E-state index in [2.05, 4.69) is 16.0 Å². The van der Waals surface area contributed by atoms with Gasteiger partial charge in [-0.2, -0.15) is 0 Å². The van der Waals surface area contributed by atoms with E-state index < -0.39 is 47.9 Å². The molecule has 6 N–H and O–H groups in total. The molecule has 1 aromatic carbocycles. The van der Waals surface area contributed by atoms with Crippen LogP contribution in [0.15, 0.2) is 30.3 Å². The average Bonchev–Trinajstić information content (AvgIpc) is 2.67. The van der Waals surface area contributed by atoms with Crippen LogP contribution in [-0.4, -0.2) is 53.0 Å². The number of benzene rings is 1. The molecule has 166 valence electrons. The Balaban J connectivity index is 2.67. The Labute approximate surface area is 176 Å². The van der Waals surface area contributed by atoms with Crippen molar-refractivity contribution in [3.05, 3.63) is 35.9 Å².